The number of thiazole rings is 1. The van der Waals surface area contributed by atoms with Crippen LogP contribution in [0.4, 0.5) is 4.39 Å². The summed E-state index contributed by atoms with van der Waals surface area (Å²) in [4.78, 5) is 22.2. The Kier molecular flexibility index (Phi) is 4.87. The quantitative estimate of drug-likeness (QED) is 0.484. The predicted molar refractivity (Wildman–Crippen MR) is 108 cm³/mol. The fraction of sp³-hybridized carbons (Fsp3) is 0.100. The highest BCUT2D eigenvalue weighted by atomic mass is 32.1. The molecule has 0 aliphatic heterocycles. The van der Waals surface area contributed by atoms with Crippen molar-refractivity contribution in [3.05, 3.63) is 76.1 Å². The molecule has 1 amide bonds. The second kappa shape index (κ2) is 7.46. The van der Waals surface area contributed by atoms with E-state index >= 15 is 0 Å². The number of hydrogen-bond donors (Lipinski definition) is 2. The summed E-state index contributed by atoms with van der Waals surface area (Å²) >= 11 is 3.25. The highest BCUT2D eigenvalue weighted by Gasteiger charge is 2.13. The standard InChI is InChI=1S/C20H16FN3OS2/c1-12-18(27-20(24-12)17-3-2-8-26-17)11-23-19(25)16-9-14(10-22-16)13-4-6-15(21)7-5-13/h2-10,22H,11H2,1H3,(H,23,25). The number of carbonyl (C=O) groups is 1. The number of amides is 1. The summed E-state index contributed by atoms with van der Waals surface area (Å²) in [6, 6.07) is 12.0. The third-order valence-corrected chi connectivity index (χ3v) is 6.34. The monoisotopic (exact) mass is 397 g/mol. The van der Waals surface area contributed by atoms with Crippen molar-refractivity contribution in [3.63, 3.8) is 0 Å². The van der Waals surface area contributed by atoms with Gasteiger partial charge in [-0.1, -0.05) is 18.2 Å². The summed E-state index contributed by atoms with van der Waals surface area (Å²) in [7, 11) is 0. The third kappa shape index (κ3) is 3.84. The molecule has 0 saturated carbocycles. The van der Waals surface area contributed by atoms with Crippen LogP contribution in [-0.4, -0.2) is 15.9 Å². The van der Waals surface area contributed by atoms with Gasteiger partial charge in [0, 0.05) is 11.1 Å². The van der Waals surface area contributed by atoms with Gasteiger partial charge >= 0.3 is 0 Å². The maximum atomic E-state index is 13.0. The molecule has 0 atom stereocenters. The van der Waals surface area contributed by atoms with Crippen LogP contribution in [-0.2, 0) is 6.54 Å². The van der Waals surface area contributed by atoms with Gasteiger partial charge in [0.2, 0.25) is 0 Å². The lowest BCUT2D eigenvalue weighted by molar-refractivity contribution is 0.0947. The van der Waals surface area contributed by atoms with Crippen molar-refractivity contribution in [1.82, 2.24) is 15.3 Å². The average Bonchev–Trinajstić information content (AvgIpc) is 3.41. The molecule has 27 heavy (non-hydrogen) atoms. The molecule has 0 radical (unpaired) electrons. The smallest absolute Gasteiger partial charge is 0.268 e. The molecule has 0 spiro atoms. The number of thiophene rings is 1. The number of halogens is 1. The number of aromatic amines is 1. The summed E-state index contributed by atoms with van der Waals surface area (Å²) in [5.74, 6) is -0.470. The van der Waals surface area contributed by atoms with Crippen molar-refractivity contribution in [2.45, 2.75) is 13.5 Å². The first-order chi connectivity index (χ1) is 13.1. The average molecular weight is 398 g/mol. The lowest BCUT2D eigenvalue weighted by Crippen LogP contribution is -2.22. The molecule has 136 valence electrons. The van der Waals surface area contributed by atoms with Crippen LogP contribution >= 0.6 is 22.7 Å². The maximum absolute atomic E-state index is 13.0. The summed E-state index contributed by atoms with van der Waals surface area (Å²) in [6.07, 6.45) is 1.75. The Morgan fingerprint density at radius 3 is 2.78 bits per heavy atom. The number of nitrogens with zero attached hydrogens (tertiary/aromatic N) is 1. The van der Waals surface area contributed by atoms with Crippen molar-refractivity contribution >= 4 is 28.6 Å². The Labute approximate surface area is 163 Å². The zero-order chi connectivity index (χ0) is 18.8. The second-order valence-corrected chi connectivity index (χ2v) is 8.03. The minimum Gasteiger partial charge on any atom is -0.357 e. The first kappa shape index (κ1) is 17.6. The molecule has 0 fully saturated rings. The molecule has 3 heterocycles. The van der Waals surface area contributed by atoms with Crippen LogP contribution in [0.3, 0.4) is 0 Å². The van der Waals surface area contributed by atoms with E-state index in [1.165, 1.54) is 12.1 Å². The lowest BCUT2D eigenvalue weighted by Gasteiger charge is -2.02. The zero-order valence-corrected chi connectivity index (χ0v) is 16.1. The Balaban J connectivity index is 1.44. The van der Waals surface area contributed by atoms with E-state index in [-0.39, 0.29) is 11.7 Å². The SMILES string of the molecule is Cc1nc(-c2cccs2)sc1CNC(=O)c1cc(-c2ccc(F)cc2)c[nH]1. The molecular formula is C20H16FN3OS2. The molecule has 0 unspecified atom stereocenters. The van der Waals surface area contributed by atoms with Gasteiger partial charge in [-0.3, -0.25) is 4.79 Å². The molecule has 7 heteroatoms. The molecule has 4 rings (SSSR count). The van der Waals surface area contributed by atoms with Crippen LogP contribution in [0.15, 0.2) is 54.0 Å². The van der Waals surface area contributed by atoms with Crippen LogP contribution in [0.5, 0.6) is 0 Å². The van der Waals surface area contributed by atoms with Crippen molar-refractivity contribution in [2.75, 3.05) is 0 Å². The lowest BCUT2D eigenvalue weighted by atomic mass is 10.1. The highest BCUT2D eigenvalue weighted by Crippen LogP contribution is 2.31. The summed E-state index contributed by atoms with van der Waals surface area (Å²) in [5.41, 5.74) is 3.09. The largest absolute Gasteiger partial charge is 0.357 e. The molecule has 3 aromatic heterocycles. The van der Waals surface area contributed by atoms with Gasteiger partial charge in [-0.15, -0.1) is 22.7 Å². The van der Waals surface area contributed by atoms with Crippen LogP contribution < -0.4 is 5.32 Å². The zero-order valence-electron chi connectivity index (χ0n) is 14.5. The van der Waals surface area contributed by atoms with Crippen molar-refractivity contribution in [2.24, 2.45) is 0 Å². The minimum absolute atomic E-state index is 0.186. The number of hydrogen-bond acceptors (Lipinski definition) is 4. The van der Waals surface area contributed by atoms with Crippen LogP contribution in [0.2, 0.25) is 0 Å². The van der Waals surface area contributed by atoms with Crippen molar-refractivity contribution < 1.29 is 9.18 Å². The summed E-state index contributed by atoms with van der Waals surface area (Å²) in [5, 5.41) is 5.93. The van der Waals surface area contributed by atoms with Gasteiger partial charge < -0.3 is 10.3 Å². The van der Waals surface area contributed by atoms with Gasteiger partial charge in [-0.05, 0) is 47.7 Å². The van der Waals surface area contributed by atoms with E-state index in [9.17, 15) is 9.18 Å². The Morgan fingerprint density at radius 2 is 2.04 bits per heavy atom. The normalized spacial score (nSPS) is 10.9. The van der Waals surface area contributed by atoms with Crippen LogP contribution in [0.25, 0.3) is 21.0 Å². The molecule has 4 nitrogen and oxygen atoms in total. The molecule has 1 aromatic carbocycles. The number of benzene rings is 1. The van der Waals surface area contributed by atoms with E-state index in [0.717, 1.165) is 31.6 Å². The molecule has 4 aromatic rings. The van der Waals surface area contributed by atoms with E-state index < -0.39 is 0 Å². The van der Waals surface area contributed by atoms with E-state index in [4.69, 9.17) is 0 Å². The predicted octanol–water partition coefficient (Wildman–Crippen LogP) is 5.24. The third-order valence-electron chi connectivity index (χ3n) is 4.14. The Hall–Kier alpha value is -2.77. The maximum Gasteiger partial charge on any atom is 0.268 e. The van der Waals surface area contributed by atoms with E-state index in [2.05, 4.69) is 15.3 Å². The first-order valence-corrected chi connectivity index (χ1v) is 10.0. The molecular weight excluding hydrogens is 381 g/mol. The van der Waals surface area contributed by atoms with E-state index in [1.807, 2.05) is 24.4 Å². The Bertz CT molecular complexity index is 1070. The van der Waals surface area contributed by atoms with Gasteiger partial charge in [-0.2, -0.15) is 0 Å². The van der Waals surface area contributed by atoms with Crippen LogP contribution in [0.1, 0.15) is 21.1 Å². The summed E-state index contributed by atoms with van der Waals surface area (Å²) in [6.45, 7) is 2.38. The van der Waals surface area contributed by atoms with Gasteiger partial charge in [-0.25, -0.2) is 9.37 Å². The van der Waals surface area contributed by atoms with Crippen molar-refractivity contribution in [1.29, 1.82) is 0 Å². The molecule has 2 N–H and O–H groups in total. The first-order valence-electron chi connectivity index (χ1n) is 8.33. The molecule has 0 saturated heterocycles. The van der Waals surface area contributed by atoms with E-state index in [1.54, 1.807) is 47.1 Å². The second-order valence-electron chi connectivity index (χ2n) is 6.00. The minimum atomic E-state index is -0.283. The fourth-order valence-corrected chi connectivity index (χ4v) is 4.49. The summed E-state index contributed by atoms with van der Waals surface area (Å²) < 4.78 is 13.0. The van der Waals surface area contributed by atoms with Gasteiger partial charge in [0.25, 0.3) is 5.91 Å². The highest BCUT2D eigenvalue weighted by molar-refractivity contribution is 7.21. The number of rotatable bonds is 5. The number of H-pyrrole nitrogens is 1. The number of aryl methyl sites for hydroxylation is 1. The van der Waals surface area contributed by atoms with Crippen molar-refractivity contribution in [3.8, 4) is 21.0 Å². The number of aromatic nitrogens is 2. The Morgan fingerprint density at radius 1 is 1.22 bits per heavy atom. The van der Waals surface area contributed by atoms with Crippen LogP contribution in [0, 0.1) is 12.7 Å². The molecule has 0 aliphatic carbocycles. The van der Waals surface area contributed by atoms with Gasteiger partial charge in [0.15, 0.2) is 0 Å². The number of carbonyl (C=O) groups excluding carboxylic acids is 1. The topological polar surface area (TPSA) is 57.8 Å². The number of nitrogens with one attached hydrogen (secondary N) is 2. The fourth-order valence-electron chi connectivity index (χ4n) is 2.69. The van der Waals surface area contributed by atoms with E-state index in [0.29, 0.717) is 12.2 Å². The molecule has 0 bridgehead atoms. The van der Waals surface area contributed by atoms with Gasteiger partial charge in [0.05, 0.1) is 17.1 Å². The molecule has 0 aliphatic rings. The van der Waals surface area contributed by atoms with Gasteiger partial charge in [0.1, 0.15) is 16.5 Å².